The van der Waals surface area contributed by atoms with Crippen molar-refractivity contribution in [1.82, 2.24) is 9.88 Å². The summed E-state index contributed by atoms with van der Waals surface area (Å²) in [5.41, 5.74) is 6.88. The predicted molar refractivity (Wildman–Crippen MR) is 176 cm³/mol. The average Bonchev–Trinajstić information content (AvgIpc) is 3.00. The molecule has 3 heterocycles. The van der Waals surface area contributed by atoms with Gasteiger partial charge in [-0.15, -0.1) is 0 Å². The van der Waals surface area contributed by atoms with Crippen LogP contribution in [0.1, 0.15) is 62.0 Å². The summed E-state index contributed by atoms with van der Waals surface area (Å²) in [6.07, 6.45) is 4.84. The summed E-state index contributed by atoms with van der Waals surface area (Å²) in [7, 11) is 2.16. The average molecular weight is 618 g/mol. The third-order valence-corrected chi connectivity index (χ3v) is 9.36. The lowest BCUT2D eigenvalue weighted by Gasteiger charge is -2.40. The van der Waals surface area contributed by atoms with Gasteiger partial charge in [-0.05, 0) is 86.4 Å². The van der Waals surface area contributed by atoms with Gasteiger partial charge in [-0.25, -0.2) is 4.39 Å². The summed E-state index contributed by atoms with van der Waals surface area (Å²) in [6, 6.07) is 14.6. The Morgan fingerprint density at radius 2 is 1.76 bits per heavy atom. The summed E-state index contributed by atoms with van der Waals surface area (Å²) >= 11 is 0. The molecule has 0 atom stereocenters. The highest BCUT2D eigenvalue weighted by molar-refractivity contribution is 5.86. The van der Waals surface area contributed by atoms with Gasteiger partial charge in [-0.3, -0.25) is 9.78 Å². The van der Waals surface area contributed by atoms with E-state index in [-0.39, 0.29) is 17.7 Å². The number of hydrogen-bond donors (Lipinski definition) is 1. The second-order valence-electron chi connectivity index (χ2n) is 13.6. The van der Waals surface area contributed by atoms with Crippen molar-refractivity contribution in [3.63, 3.8) is 0 Å². The minimum absolute atomic E-state index is 0.0656. The molecule has 0 bridgehead atoms. The first-order chi connectivity index (χ1) is 21.6. The molecule has 3 aromatic rings. The summed E-state index contributed by atoms with van der Waals surface area (Å²) < 4.78 is 24.9. The first-order valence-corrected chi connectivity index (χ1v) is 16.3. The van der Waals surface area contributed by atoms with Crippen molar-refractivity contribution in [2.75, 3.05) is 51.4 Å². The Hall–Kier alpha value is -3.49. The first kappa shape index (κ1) is 32.9. The first-order valence-electron chi connectivity index (χ1n) is 16.3. The molecule has 45 heavy (non-hydrogen) atoms. The number of carboxylic acid groups (broad SMARTS) is 1. The van der Waals surface area contributed by atoms with Crippen LogP contribution < -0.4 is 9.64 Å². The highest BCUT2D eigenvalue weighted by Gasteiger charge is 2.31. The highest BCUT2D eigenvalue weighted by Crippen LogP contribution is 2.42. The van der Waals surface area contributed by atoms with E-state index in [1.54, 1.807) is 12.1 Å². The number of carboxylic acids is 1. The van der Waals surface area contributed by atoms with Crippen molar-refractivity contribution in [3.05, 3.63) is 76.9 Å². The molecule has 2 aliphatic heterocycles. The summed E-state index contributed by atoms with van der Waals surface area (Å²) in [5, 5.41) is 9.97. The largest absolute Gasteiger partial charge is 0.493 e. The zero-order valence-electron chi connectivity index (χ0n) is 27.3. The number of pyridine rings is 1. The third kappa shape index (κ3) is 8.82. The lowest BCUT2D eigenvalue weighted by atomic mass is 9.82. The van der Waals surface area contributed by atoms with Gasteiger partial charge in [0, 0.05) is 62.6 Å². The van der Waals surface area contributed by atoms with Crippen molar-refractivity contribution in [2.45, 2.75) is 65.8 Å². The molecule has 0 unspecified atom stereocenters. The number of aryl methyl sites for hydroxylation is 1. The summed E-state index contributed by atoms with van der Waals surface area (Å²) in [4.78, 5) is 22.0. The van der Waals surface area contributed by atoms with E-state index in [2.05, 4.69) is 42.8 Å². The fraction of sp³-hybridized carbons (Fsp3) is 0.514. The van der Waals surface area contributed by atoms with Gasteiger partial charge in [0.25, 0.3) is 0 Å². The Balaban J connectivity index is 1.47. The van der Waals surface area contributed by atoms with Crippen LogP contribution in [-0.4, -0.2) is 67.5 Å². The van der Waals surface area contributed by atoms with E-state index < -0.39 is 5.97 Å². The number of anilines is 1. The van der Waals surface area contributed by atoms with Crippen LogP contribution in [0.2, 0.25) is 0 Å². The van der Waals surface area contributed by atoms with Crippen LogP contribution in [0.5, 0.6) is 5.75 Å². The fourth-order valence-corrected chi connectivity index (χ4v) is 6.60. The van der Waals surface area contributed by atoms with E-state index in [0.29, 0.717) is 25.5 Å². The van der Waals surface area contributed by atoms with Gasteiger partial charge >= 0.3 is 5.97 Å². The van der Waals surface area contributed by atoms with E-state index >= 15 is 0 Å². The van der Waals surface area contributed by atoms with Crippen molar-refractivity contribution >= 4 is 11.7 Å². The maximum Gasteiger partial charge on any atom is 0.307 e. The molecule has 2 saturated heterocycles. The molecule has 0 radical (unpaired) electrons. The van der Waals surface area contributed by atoms with Crippen molar-refractivity contribution < 1.29 is 23.8 Å². The maximum absolute atomic E-state index is 13.3. The quantitative estimate of drug-likeness (QED) is 0.236. The van der Waals surface area contributed by atoms with Gasteiger partial charge in [-0.1, -0.05) is 38.1 Å². The maximum atomic E-state index is 13.3. The number of piperidine rings is 1. The Bertz CT molecular complexity index is 1430. The topological polar surface area (TPSA) is 75.1 Å². The van der Waals surface area contributed by atoms with Crippen molar-refractivity contribution in [1.29, 1.82) is 0 Å². The van der Waals surface area contributed by atoms with Gasteiger partial charge in [0.1, 0.15) is 11.6 Å². The zero-order valence-corrected chi connectivity index (χ0v) is 27.3. The fourth-order valence-electron chi connectivity index (χ4n) is 6.60. The van der Waals surface area contributed by atoms with Crippen LogP contribution in [0.25, 0.3) is 11.1 Å². The number of benzene rings is 2. The minimum atomic E-state index is -0.848. The molecule has 242 valence electrons. The van der Waals surface area contributed by atoms with Crippen LogP contribution in [0.4, 0.5) is 10.1 Å². The Morgan fingerprint density at radius 3 is 2.40 bits per heavy atom. The number of rotatable bonds is 12. The van der Waals surface area contributed by atoms with E-state index in [9.17, 15) is 14.3 Å². The van der Waals surface area contributed by atoms with E-state index in [1.165, 1.54) is 12.1 Å². The van der Waals surface area contributed by atoms with Crippen molar-refractivity contribution in [2.24, 2.45) is 11.3 Å². The lowest BCUT2D eigenvalue weighted by molar-refractivity contribution is -0.136. The molecule has 0 saturated carbocycles. The van der Waals surface area contributed by atoms with Crippen LogP contribution in [-0.2, 0) is 28.9 Å². The van der Waals surface area contributed by atoms with E-state index in [4.69, 9.17) is 14.5 Å². The molecular formula is C37H48FN3O4. The number of nitrogens with zero attached hydrogens (tertiary/aromatic N) is 3. The molecule has 2 aliphatic rings. The Kier molecular flexibility index (Phi) is 10.8. The molecule has 1 N–H and O–H groups in total. The number of halogens is 1. The SMILES string of the molecule is Cc1nc(CN(C)CC2CCOCC2)c(-c2ccc(OCCc3ccc(F)cc3)cc2)c(N2CCC(C)(C)CC2)c1CC(=O)O. The second kappa shape index (κ2) is 14.7. The predicted octanol–water partition coefficient (Wildman–Crippen LogP) is 6.93. The third-order valence-electron chi connectivity index (χ3n) is 9.36. The lowest BCUT2D eigenvalue weighted by Crippen LogP contribution is -2.38. The molecule has 7 nitrogen and oxygen atoms in total. The number of ether oxygens (including phenoxy) is 2. The van der Waals surface area contributed by atoms with Gasteiger partial charge in [0.05, 0.1) is 24.4 Å². The molecule has 2 fully saturated rings. The molecular weight excluding hydrogens is 569 g/mol. The normalized spacial score (nSPS) is 17.1. The van der Waals surface area contributed by atoms with Gasteiger partial charge in [0.2, 0.25) is 0 Å². The highest BCUT2D eigenvalue weighted by atomic mass is 19.1. The second-order valence-corrected chi connectivity index (χ2v) is 13.6. The minimum Gasteiger partial charge on any atom is -0.493 e. The molecule has 0 amide bonds. The molecule has 1 aromatic heterocycles. The van der Waals surface area contributed by atoms with E-state index in [1.807, 2.05) is 19.1 Å². The molecule has 2 aromatic carbocycles. The van der Waals surface area contributed by atoms with Crippen LogP contribution >= 0.6 is 0 Å². The van der Waals surface area contributed by atoms with Crippen LogP contribution in [0.3, 0.4) is 0 Å². The number of hydrogen-bond acceptors (Lipinski definition) is 6. The number of aliphatic carboxylic acids is 1. The Labute approximate surface area is 267 Å². The van der Waals surface area contributed by atoms with Crippen molar-refractivity contribution in [3.8, 4) is 16.9 Å². The standard InChI is InChI=1S/C37H48FN3O4/c1-26-32(23-34(42)43)36(41-18-16-37(2,3)17-19-41)35(33(39-26)25-40(4)24-28-13-20-44-21-14-28)29-7-11-31(12-8-29)45-22-15-27-5-9-30(38)10-6-27/h5-12,28H,13-25H2,1-4H3,(H,42,43). The van der Waals surface area contributed by atoms with E-state index in [0.717, 1.165) is 104 Å². The summed E-state index contributed by atoms with van der Waals surface area (Å²) in [5.74, 6) is 0.258. The number of aromatic nitrogens is 1. The molecule has 5 rings (SSSR count). The van der Waals surface area contributed by atoms with Crippen LogP contribution in [0, 0.1) is 24.1 Å². The number of carbonyl (C=O) groups is 1. The van der Waals surface area contributed by atoms with Gasteiger partial charge in [-0.2, -0.15) is 0 Å². The van der Waals surface area contributed by atoms with Crippen LogP contribution in [0.15, 0.2) is 48.5 Å². The molecule has 0 spiro atoms. The van der Waals surface area contributed by atoms with Gasteiger partial charge < -0.3 is 24.4 Å². The monoisotopic (exact) mass is 617 g/mol. The molecule has 0 aliphatic carbocycles. The van der Waals surface area contributed by atoms with Gasteiger partial charge in [0.15, 0.2) is 0 Å². The smallest absolute Gasteiger partial charge is 0.307 e. The zero-order chi connectivity index (χ0) is 32.0. The Morgan fingerprint density at radius 1 is 1.09 bits per heavy atom. The molecule has 8 heteroatoms. The summed E-state index contributed by atoms with van der Waals surface area (Å²) in [6.45, 7) is 12.1.